The molecule has 3 nitrogen and oxygen atoms in total. The molecule has 3 heteroatoms. The van der Waals surface area contributed by atoms with Crippen LogP contribution in [0.3, 0.4) is 0 Å². The third kappa shape index (κ3) is 14.4. The Morgan fingerprint density at radius 2 is 1.35 bits per heavy atom. The van der Waals surface area contributed by atoms with E-state index in [1.54, 1.807) is 0 Å². The average molecular weight is 368 g/mol. The molecule has 0 fully saturated rings. The molecule has 0 aliphatic rings. The lowest BCUT2D eigenvalue weighted by atomic mass is 9.84. The van der Waals surface area contributed by atoms with Crippen LogP contribution in [-0.4, -0.2) is 17.6 Å². The van der Waals surface area contributed by atoms with Gasteiger partial charge in [-0.3, -0.25) is 4.79 Å². The maximum absolute atomic E-state index is 11.7. The van der Waals surface area contributed by atoms with Crippen molar-refractivity contribution < 1.29 is 9.90 Å². The molecule has 0 aromatic heterocycles. The number of aliphatic hydroxyl groups excluding tert-OH is 1. The van der Waals surface area contributed by atoms with E-state index in [-0.39, 0.29) is 24.3 Å². The Bertz CT molecular complexity index is 341. The minimum atomic E-state index is -0.232. The number of carbonyl (C=O) groups is 1. The maximum atomic E-state index is 11.7. The van der Waals surface area contributed by atoms with E-state index in [4.69, 9.17) is 5.73 Å². The van der Waals surface area contributed by atoms with Crippen LogP contribution < -0.4 is 5.73 Å². The van der Waals surface area contributed by atoms with Crippen molar-refractivity contribution >= 4 is 5.91 Å². The van der Waals surface area contributed by atoms with Gasteiger partial charge in [0, 0.05) is 12.5 Å². The summed E-state index contributed by atoms with van der Waals surface area (Å²) in [5.74, 6) is -0.332. The number of amides is 1. The number of primary amides is 1. The summed E-state index contributed by atoms with van der Waals surface area (Å²) in [5.41, 5.74) is 5.57. The highest BCUT2D eigenvalue weighted by molar-refractivity contribution is 5.76. The highest BCUT2D eigenvalue weighted by atomic mass is 16.3. The number of rotatable bonds is 19. The van der Waals surface area contributed by atoms with E-state index in [9.17, 15) is 9.90 Å². The smallest absolute Gasteiger partial charge is 0.220 e. The van der Waals surface area contributed by atoms with Crippen molar-refractivity contribution in [3.8, 4) is 0 Å². The minimum absolute atomic E-state index is 0.0508. The van der Waals surface area contributed by atoms with Gasteiger partial charge in [-0.1, -0.05) is 83.8 Å². The van der Waals surface area contributed by atoms with Crippen LogP contribution in [0.5, 0.6) is 0 Å². The molecule has 0 saturated carbocycles. The van der Waals surface area contributed by atoms with Crippen LogP contribution in [0, 0.1) is 11.8 Å². The zero-order valence-corrected chi connectivity index (χ0v) is 17.6. The summed E-state index contributed by atoms with van der Waals surface area (Å²) in [4.78, 5) is 11.7. The van der Waals surface area contributed by atoms with Crippen LogP contribution in [0.25, 0.3) is 0 Å². The van der Waals surface area contributed by atoms with Gasteiger partial charge in [0.05, 0.1) is 0 Å². The summed E-state index contributed by atoms with van der Waals surface area (Å²) < 4.78 is 0. The van der Waals surface area contributed by atoms with Gasteiger partial charge in [0.2, 0.25) is 5.91 Å². The average Bonchev–Trinajstić information content (AvgIpc) is 2.63. The predicted molar refractivity (Wildman–Crippen MR) is 113 cm³/mol. The van der Waals surface area contributed by atoms with E-state index >= 15 is 0 Å². The Hall–Kier alpha value is -0.830. The van der Waals surface area contributed by atoms with Gasteiger partial charge in [0.25, 0.3) is 0 Å². The largest absolute Gasteiger partial charge is 0.396 e. The van der Waals surface area contributed by atoms with Crippen molar-refractivity contribution in [2.75, 3.05) is 6.61 Å². The van der Waals surface area contributed by atoms with E-state index in [0.29, 0.717) is 0 Å². The van der Waals surface area contributed by atoms with Crippen LogP contribution in [0.1, 0.15) is 110 Å². The Morgan fingerprint density at radius 3 is 1.88 bits per heavy atom. The monoisotopic (exact) mass is 367 g/mol. The molecule has 0 aromatic carbocycles. The number of aliphatic hydroxyl groups is 1. The first-order chi connectivity index (χ1) is 12.7. The molecule has 0 aliphatic carbocycles. The molecule has 0 rings (SSSR count). The summed E-state index contributed by atoms with van der Waals surface area (Å²) in [6, 6.07) is 0. The second kappa shape index (κ2) is 18.9. The van der Waals surface area contributed by atoms with Gasteiger partial charge in [-0.25, -0.2) is 0 Å². The number of allylic oxidation sites excluding steroid dienone is 2. The number of carbonyl (C=O) groups excluding carboxylic acids is 1. The molecule has 26 heavy (non-hydrogen) atoms. The van der Waals surface area contributed by atoms with Crippen molar-refractivity contribution in [2.24, 2.45) is 17.6 Å². The summed E-state index contributed by atoms with van der Waals surface area (Å²) in [7, 11) is 0. The number of hydrogen-bond donors (Lipinski definition) is 2. The quantitative estimate of drug-likeness (QED) is 0.213. The number of nitrogens with two attached hydrogens (primary N) is 1. The molecule has 2 unspecified atom stereocenters. The molecular weight excluding hydrogens is 322 g/mol. The molecule has 0 saturated heterocycles. The molecule has 0 heterocycles. The van der Waals surface area contributed by atoms with E-state index in [0.717, 1.165) is 38.5 Å². The molecule has 0 radical (unpaired) electrons. The SMILES string of the molecule is CCCCCCC=CCCCCCCCC(C(N)=O)C(CO)CCCC. The molecular formula is C23H45NO2. The molecule has 0 aromatic rings. The normalized spacial score (nSPS) is 14.0. The van der Waals surface area contributed by atoms with Crippen molar-refractivity contribution in [2.45, 2.75) is 110 Å². The summed E-state index contributed by atoms with van der Waals surface area (Å²) in [6.45, 7) is 4.47. The van der Waals surface area contributed by atoms with Crippen molar-refractivity contribution in [3.63, 3.8) is 0 Å². The topological polar surface area (TPSA) is 63.3 Å². The van der Waals surface area contributed by atoms with Gasteiger partial charge in [-0.2, -0.15) is 0 Å². The molecule has 1 amide bonds. The lowest BCUT2D eigenvalue weighted by Gasteiger charge is -2.22. The standard InChI is InChI=1S/C23H45NO2/c1-3-5-7-8-9-10-11-12-13-14-15-16-17-19-22(23(24)26)21(20-25)18-6-4-2/h10-11,21-22,25H,3-9,12-20H2,1-2H3,(H2,24,26). The highest BCUT2D eigenvalue weighted by Gasteiger charge is 2.24. The van der Waals surface area contributed by atoms with Gasteiger partial charge < -0.3 is 10.8 Å². The Balaban J connectivity index is 3.69. The molecule has 154 valence electrons. The molecule has 0 aliphatic heterocycles. The lowest BCUT2D eigenvalue weighted by molar-refractivity contribution is -0.124. The lowest BCUT2D eigenvalue weighted by Crippen LogP contribution is -2.32. The second-order valence-electron chi connectivity index (χ2n) is 7.76. The first kappa shape index (κ1) is 25.2. The fourth-order valence-electron chi connectivity index (χ4n) is 3.58. The van der Waals surface area contributed by atoms with Crippen molar-refractivity contribution in [1.29, 1.82) is 0 Å². The van der Waals surface area contributed by atoms with Crippen molar-refractivity contribution in [1.82, 2.24) is 0 Å². The Labute approximate surface area is 162 Å². The molecule has 0 bridgehead atoms. The van der Waals surface area contributed by atoms with Gasteiger partial charge in [0.1, 0.15) is 0 Å². The zero-order valence-electron chi connectivity index (χ0n) is 17.6. The molecule has 2 atom stereocenters. The van der Waals surface area contributed by atoms with E-state index in [2.05, 4.69) is 26.0 Å². The zero-order chi connectivity index (χ0) is 19.5. The first-order valence-corrected chi connectivity index (χ1v) is 11.2. The first-order valence-electron chi connectivity index (χ1n) is 11.2. The van der Waals surface area contributed by atoms with Gasteiger partial charge in [-0.05, 0) is 44.4 Å². The number of unbranched alkanes of at least 4 members (excludes halogenated alkanes) is 10. The minimum Gasteiger partial charge on any atom is -0.396 e. The van der Waals surface area contributed by atoms with E-state index in [1.807, 2.05) is 0 Å². The second-order valence-corrected chi connectivity index (χ2v) is 7.76. The number of hydrogen-bond acceptors (Lipinski definition) is 2. The maximum Gasteiger partial charge on any atom is 0.220 e. The summed E-state index contributed by atoms with van der Waals surface area (Å²) in [5, 5.41) is 9.56. The predicted octanol–water partition coefficient (Wildman–Crippen LogP) is 6.14. The molecule has 3 N–H and O–H groups in total. The van der Waals surface area contributed by atoms with Crippen LogP contribution in [0.4, 0.5) is 0 Å². The van der Waals surface area contributed by atoms with E-state index < -0.39 is 0 Å². The molecule has 0 spiro atoms. The van der Waals surface area contributed by atoms with E-state index in [1.165, 1.54) is 57.8 Å². The summed E-state index contributed by atoms with van der Waals surface area (Å²) >= 11 is 0. The fourth-order valence-corrected chi connectivity index (χ4v) is 3.58. The third-order valence-electron chi connectivity index (χ3n) is 5.37. The summed E-state index contributed by atoms with van der Waals surface area (Å²) in [6.07, 6.45) is 22.3. The van der Waals surface area contributed by atoms with Crippen LogP contribution in [0.2, 0.25) is 0 Å². The van der Waals surface area contributed by atoms with Gasteiger partial charge >= 0.3 is 0 Å². The van der Waals surface area contributed by atoms with Gasteiger partial charge in [0.15, 0.2) is 0 Å². The van der Waals surface area contributed by atoms with Crippen LogP contribution >= 0.6 is 0 Å². The highest BCUT2D eigenvalue weighted by Crippen LogP contribution is 2.24. The Kier molecular flexibility index (Phi) is 18.3. The van der Waals surface area contributed by atoms with Gasteiger partial charge in [-0.15, -0.1) is 0 Å². The van der Waals surface area contributed by atoms with Crippen LogP contribution in [0.15, 0.2) is 12.2 Å². The van der Waals surface area contributed by atoms with Crippen LogP contribution in [-0.2, 0) is 4.79 Å². The third-order valence-corrected chi connectivity index (χ3v) is 5.37. The Morgan fingerprint density at radius 1 is 0.808 bits per heavy atom. The fraction of sp³-hybridized carbons (Fsp3) is 0.870. The van der Waals surface area contributed by atoms with Crippen molar-refractivity contribution in [3.05, 3.63) is 12.2 Å².